The number of carbonyl (C=O) groups excluding carboxylic acids is 2. The van der Waals surface area contributed by atoms with Crippen LogP contribution in [0.25, 0.3) is 5.76 Å². The molecule has 6 nitrogen and oxygen atoms in total. The van der Waals surface area contributed by atoms with Crippen LogP contribution in [0.3, 0.4) is 0 Å². The number of ether oxygens (including phenoxy) is 1. The number of carbonyl (C=O) groups is 2. The Balaban J connectivity index is 3.02. The minimum atomic E-state index is -3.33. The van der Waals surface area contributed by atoms with Crippen molar-refractivity contribution in [3.63, 3.8) is 0 Å². The van der Waals surface area contributed by atoms with Crippen LogP contribution in [0.2, 0.25) is 0 Å². The number of hydrogen-bond donors (Lipinski definition) is 1. The molecule has 102 valence electrons. The van der Waals surface area contributed by atoms with Gasteiger partial charge in [-0.05, 0) is 24.3 Å². The lowest BCUT2D eigenvalue weighted by molar-refractivity contribution is -0.149. The van der Waals surface area contributed by atoms with E-state index in [9.17, 15) is 23.1 Å². The van der Waals surface area contributed by atoms with Gasteiger partial charge in [-0.1, -0.05) is 0 Å². The Labute approximate surface area is 110 Å². The molecule has 0 aromatic heterocycles. The predicted octanol–water partition coefficient (Wildman–Crippen LogP) is 0.731. The smallest absolute Gasteiger partial charge is 0.378 e. The number of aliphatic hydroxyl groups excluding tert-OH is 1. The van der Waals surface area contributed by atoms with Gasteiger partial charge in [-0.3, -0.25) is 4.79 Å². The van der Waals surface area contributed by atoms with Crippen molar-refractivity contribution < 1.29 is 27.9 Å². The van der Waals surface area contributed by atoms with Crippen LogP contribution in [0.1, 0.15) is 5.56 Å². The molecule has 0 bridgehead atoms. The average molecular weight is 284 g/mol. The normalized spacial score (nSPS) is 12.0. The first-order valence-electron chi connectivity index (χ1n) is 5.09. The molecule has 0 aliphatic heterocycles. The molecule has 1 N–H and O–H groups in total. The second-order valence-corrected chi connectivity index (χ2v) is 5.70. The number of benzene rings is 1. The lowest BCUT2D eigenvalue weighted by Gasteiger charge is -2.02. The molecule has 0 atom stereocenters. The topological polar surface area (TPSA) is 97.7 Å². The molecule has 0 unspecified atom stereocenters. The second-order valence-electron chi connectivity index (χ2n) is 3.68. The maximum absolute atomic E-state index is 11.2. The van der Waals surface area contributed by atoms with Gasteiger partial charge in [0.05, 0.1) is 12.0 Å². The maximum Gasteiger partial charge on any atom is 0.378 e. The number of esters is 1. The zero-order chi connectivity index (χ0) is 14.6. The van der Waals surface area contributed by atoms with Gasteiger partial charge in [-0.2, -0.15) is 0 Å². The Bertz CT molecular complexity index is 625. The number of methoxy groups -OCH3 is 1. The number of ketones is 1. The quantitative estimate of drug-likeness (QED) is 0.379. The fourth-order valence-corrected chi connectivity index (χ4v) is 1.87. The molecule has 0 radical (unpaired) electrons. The summed E-state index contributed by atoms with van der Waals surface area (Å²) in [6, 6.07) is 5.23. The molecular formula is C12H12O6S. The van der Waals surface area contributed by atoms with Gasteiger partial charge in [0.15, 0.2) is 9.84 Å². The van der Waals surface area contributed by atoms with E-state index in [4.69, 9.17) is 0 Å². The SMILES string of the molecule is COC(=O)C(=O)C=C(O)c1ccc(S(C)(=O)=O)cc1. The first kappa shape index (κ1) is 14.9. The lowest BCUT2D eigenvalue weighted by atomic mass is 10.1. The maximum atomic E-state index is 11.2. The molecule has 0 amide bonds. The summed E-state index contributed by atoms with van der Waals surface area (Å²) in [4.78, 5) is 22.1. The number of rotatable bonds is 4. The van der Waals surface area contributed by atoms with Crippen molar-refractivity contribution in [3.05, 3.63) is 35.9 Å². The van der Waals surface area contributed by atoms with E-state index >= 15 is 0 Å². The largest absolute Gasteiger partial charge is 0.507 e. The second kappa shape index (κ2) is 5.66. The first-order chi connectivity index (χ1) is 8.75. The van der Waals surface area contributed by atoms with Crippen LogP contribution in [0.5, 0.6) is 0 Å². The Morgan fingerprint density at radius 1 is 1.21 bits per heavy atom. The van der Waals surface area contributed by atoms with Gasteiger partial charge in [0.2, 0.25) is 0 Å². The summed E-state index contributed by atoms with van der Waals surface area (Å²) in [5.74, 6) is -2.55. The summed E-state index contributed by atoms with van der Waals surface area (Å²) in [5.41, 5.74) is 0.213. The lowest BCUT2D eigenvalue weighted by Crippen LogP contribution is -2.13. The molecule has 0 spiro atoms. The van der Waals surface area contributed by atoms with Gasteiger partial charge >= 0.3 is 5.97 Å². The fraction of sp³-hybridized carbons (Fsp3) is 0.167. The molecule has 0 aliphatic carbocycles. The third-order valence-electron chi connectivity index (χ3n) is 2.23. The van der Waals surface area contributed by atoms with Crippen LogP contribution in [0.15, 0.2) is 35.2 Å². The standard InChI is InChI=1S/C12H12O6S/c1-18-12(15)11(14)7-10(13)8-3-5-9(6-4-8)19(2,16)17/h3-7,13H,1-2H3. The summed E-state index contributed by atoms with van der Waals surface area (Å²) < 4.78 is 26.6. The minimum absolute atomic E-state index is 0.0864. The third kappa shape index (κ3) is 3.92. The number of sulfone groups is 1. The Morgan fingerprint density at radius 3 is 2.16 bits per heavy atom. The van der Waals surface area contributed by atoms with E-state index in [1.165, 1.54) is 24.3 Å². The van der Waals surface area contributed by atoms with Gasteiger partial charge in [-0.25, -0.2) is 13.2 Å². The van der Waals surface area contributed by atoms with E-state index in [0.29, 0.717) is 6.08 Å². The predicted molar refractivity (Wildman–Crippen MR) is 67.2 cm³/mol. The Hall–Kier alpha value is -2.15. The highest BCUT2D eigenvalue weighted by atomic mass is 32.2. The molecule has 0 fully saturated rings. The number of aliphatic hydroxyl groups is 1. The van der Waals surface area contributed by atoms with E-state index in [2.05, 4.69) is 4.74 Å². The zero-order valence-electron chi connectivity index (χ0n) is 10.3. The minimum Gasteiger partial charge on any atom is -0.507 e. The van der Waals surface area contributed by atoms with Crippen molar-refractivity contribution in [1.29, 1.82) is 0 Å². The van der Waals surface area contributed by atoms with E-state index < -0.39 is 27.3 Å². The van der Waals surface area contributed by atoms with Gasteiger partial charge in [0, 0.05) is 17.9 Å². The number of hydrogen-bond acceptors (Lipinski definition) is 6. The molecule has 0 heterocycles. The molecule has 1 rings (SSSR count). The van der Waals surface area contributed by atoms with E-state index in [1.54, 1.807) is 0 Å². The summed E-state index contributed by atoms with van der Waals surface area (Å²) in [6.07, 6.45) is 1.76. The van der Waals surface area contributed by atoms with Crippen LogP contribution in [-0.4, -0.2) is 38.6 Å². The first-order valence-corrected chi connectivity index (χ1v) is 6.98. The molecule has 0 aliphatic rings. The van der Waals surface area contributed by atoms with E-state index in [0.717, 1.165) is 13.4 Å². The summed E-state index contributed by atoms with van der Waals surface area (Å²) >= 11 is 0. The van der Waals surface area contributed by atoms with Gasteiger partial charge in [0.25, 0.3) is 5.78 Å². The fourth-order valence-electron chi connectivity index (χ4n) is 1.24. The zero-order valence-corrected chi connectivity index (χ0v) is 11.1. The molecule has 0 saturated heterocycles. The van der Waals surface area contributed by atoms with Crippen molar-refractivity contribution >= 4 is 27.3 Å². The van der Waals surface area contributed by atoms with Gasteiger partial charge in [0.1, 0.15) is 5.76 Å². The molecule has 19 heavy (non-hydrogen) atoms. The van der Waals surface area contributed by atoms with Crippen molar-refractivity contribution in [3.8, 4) is 0 Å². The summed E-state index contributed by atoms with van der Waals surface area (Å²) in [5, 5.41) is 9.61. The molecular weight excluding hydrogens is 272 g/mol. The average Bonchev–Trinajstić information content (AvgIpc) is 2.36. The van der Waals surface area contributed by atoms with Crippen LogP contribution in [0, 0.1) is 0 Å². The Kier molecular flexibility index (Phi) is 4.44. The van der Waals surface area contributed by atoms with Crippen molar-refractivity contribution in [1.82, 2.24) is 0 Å². The van der Waals surface area contributed by atoms with Crippen molar-refractivity contribution in [2.75, 3.05) is 13.4 Å². The highest BCUT2D eigenvalue weighted by Crippen LogP contribution is 2.15. The Morgan fingerprint density at radius 2 is 1.74 bits per heavy atom. The summed E-state index contributed by atoms with van der Waals surface area (Å²) in [6.45, 7) is 0. The van der Waals surface area contributed by atoms with Gasteiger partial charge in [-0.15, -0.1) is 0 Å². The molecule has 1 aromatic rings. The highest BCUT2D eigenvalue weighted by molar-refractivity contribution is 7.90. The van der Waals surface area contributed by atoms with Crippen molar-refractivity contribution in [2.24, 2.45) is 0 Å². The molecule has 0 saturated carbocycles. The van der Waals surface area contributed by atoms with Crippen LogP contribution >= 0.6 is 0 Å². The highest BCUT2D eigenvalue weighted by Gasteiger charge is 2.13. The molecule has 1 aromatic carbocycles. The monoisotopic (exact) mass is 284 g/mol. The summed E-state index contributed by atoms with van der Waals surface area (Å²) in [7, 11) is -2.28. The van der Waals surface area contributed by atoms with Crippen LogP contribution in [0.4, 0.5) is 0 Å². The molecule has 7 heteroatoms. The van der Waals surface area contributed by atoms with Gasteiger partial charge < -0.3 is 9.84 Å². The van der Waals surface area contributed by atoms with E-state index in [1.807, 2.05) is 0 Å². The van der Waals surface area contributed by atoms with Crippen LogP contribution in [-0.2, 0) is 24.2 Å². The van der Waals surface area contributed by atoms with Crippen LogP contribution < -0.4 is 0 Å². The van der Waals surface area contributed by atoms with E-state index in [-0.39, 0.29) is 10.5 Å². The van der Waals surface area contributed by atoms with Crippen molar-refractivity contribution in [2.45, 2.75) is 4.90 Å². The third-order valence-corrected chi connectivity index (χ3v) is 3.36.